The number of Topliss-reactive ketones (excluding diaryl/α,β-unsaturated/α-hetero) is 1. The van der Waals surface area contributed by atoms with Crippen LogP contribution in [0, 0.1) is 0 Å². The summed E-state index contributed by atoms with van der Waals surface area (Å²) >= 11 is 0. The number of hydrogen-bond acceptors (Lipinski definition) is 2. The van der Waals surface area contributed by atoms with E-state index in [1.54, 1.807) is 0 Å². The van der Waals surface area contributed by atoms with E-state index in [-0.39, 0.29) is 11.4 Å². The molecule has 1 aromatic rings. The number of hydrogen-bond donors (Lipinski definition) is 0. The topological polar surface area (TPSA) is 26.3 Å². The molecule has 24 heavy (non-hydrogen) atoms. The monoisotopic (exact) mass is 320 g/mol. The maximum atomic E-state index is 12.5. The summed E-state index contributed by atoms with van der Waals surface area (Å²) in [6.07, 6.45) is 6.00. The molecular formula is C22H24O2. The van der Waals surface area contributed by atoms with Gasteiger partial charge in [-0.05, 0) is 46.6 Å². The second-order valence-corrected chi connectivity index (χ2v) is 7.19. The van der Waals surface area contributed by atoms with Crippen molar-refractivity contribution in [2.45, 2.75) is 46.1 Å². The Labute approximate surface area is 144 Å². The van der Waals surface area contributed by atoms with Gasteiger partial charge in [0.25, 0.3) is 0 Å². The van der Waals surface area contributed by atoms with Crippen LogP contribution in [0.15, 0.2) is 65.3 Å². The van der Waals surface area contributed by atoms with E-state index in [1.165, 1.54) is 11.1 Å². The molecule has 0 saturated heterocycles. The molecule has 0 radical (unpaired) electrons. The summed E-state index contributed by atoms with van der Waals surface area (Å²) in [6.45, 7) is 12.4. The highest BCUT2D eigenvalue weighted by Crippen LogP contribution is 2.44. The van der Waals surface area contributed by atoms with Crippen LogP contribution in [0.4, 0.5) is 0 Å². The van der Waals surface area contributed by atoms with E-state index < -0.39 is 0 Å². The lowest BCUT2D eigenvalue weighted by Gasteiger charge is -2.38. The highest BCUT2D eigenvalue weighted by atomic mass is 16.5. The first-order chi connectivity index (χ1) is 11.3. The number of carbonyl (C=O) groups excluding carboxylic acids is 1. The van der Waals surface area contributed by atoms with Crippen LogP contribution in [-0.2, 0) is 4.74 Å². The smallest absolute Gasteiger partial charge is 0.193 e. The van der Waals surface area contributed by atoms with Gasteiger partial charge in [0.2, 0.25) is 0 Å². The van der Waals surface area contributed by atoms with Gasteiger partial charge in [-0.3, -0.25) is 4.79 Å². The van der Waals surface area contributed by atoms with Crippen molar-refractivity contribution in [2.75, 3.05) is 0 Å². The van der Waals surface area contributed by atoms with Gasteiger partial charge >= 0.3 is 0 Å². The third-order valence-electron chi connectivity index (χ3n) is 4.58. The van der Waals surface area contributed by atoms with Crippen LogP contribution in [0.3, 0.4) is 0 Å². The molecular weight excluding hydrogens is 296 g/mol. The first-order valence-corrected chi connectivity index (χ1v) is 8.41. The molecule has 1 aliphatic heterocycles. The molecule has 2 heteroatoms. The molecule has 1 unspecified atom stereocenters. The predicted molar refractivity (Wildman–Crippen MR) is 98.7 cm³/mol. The second kappa shape index (κ2) is 5.94. The zero-order valence-corrected chi connectivity index (χ0v) is 14.9. The standard InChI is InChI=1S/C22H24O2/c1-14(2)12-15(3)13-22(5)11-10-17-16(4)20(23)18-8-6-7-9-19(18)21(17)24-22/h6-9,12-13H,4,10-11H2,1-3,5H3/b15-13+. The molecule has 0 saturated carbocycles. The second-order valence-electron chi connectivity index (χ2n) is 7.19. The maximum absolute atomic E-state index is 12.5. The lowest BCUT2D eigenvalue weighted by atomic mass is 9.80. The molecule has 1 heterocycles. The summed E-state index contributed by atoms with van der Waals surface area (Å²) in [5, 5.41) is 0. The van der Waals surface area contributed by atoms with E-state index >= 15 is 0 Å². The minimum Gasteiger partial charge on any atom is -0.483 e. The quantitative estimate of drug-likeness (QED) is 0.521. The number of fused-ring (bicyclic) bond motifs is 2. The lowest BCUT2D eigenvalue weighted by Crippen LogP contribution is -2.32. The zero-order chi connectivity index (χ0) is 17.5. The summed E-state index contributed by atoms with van der Waals surface area (Å²) in [5.41, 5.74) is 5.22. The number of benzene rings is 1. The van der Waals surface area contributed by atoms with Crippen LogP contribution in [-0.4, -0.2) is 11.4 Å². The van der Waals surface area contributed by atoms with Gasteiger partial charge in [0, 0.05) is 22.3 Å². The van der Waals surface area contributed by atoms with Crippen molar-refractivity contribution in [1.29, 1.82) is 0 Å². The number of allylic oxidation sites excluding steroid dienone is 5. The SMILES string of the molecule is C=C1C(=O)c2ccccc2C2=C1CCC(C)(/C=C(\C)C=C(C)C)O2. The number of ether oxygens (including phenoxy) is 1. The van der Waals surface area contributed by atoms with Crippen LogP contribution in [0.2, 0.25) is 0 Å². The Bertz CT molecular complexity index is 816. The van der Waals surface area contributed by atoms with Crippen LogP contribution in [0.1, 0.15) is 56.5 Å². The average Bonchev–Trinajstić information content (AvgIpc) is 2.51. The van der Waals surface area contributed by atoms with Gasteiger partial charge in [0.05, 0.1) is 0 Å². The highest BCUT2D eigenvalue weighted by molar-refractivity contribution is 6.17. The molecule has 1 aromatic carbocycles. The Balaban J connectivity index is 2.04. The van der Waals surface area contributed by atoms with Crippen molar-refractivity contribution < 1.29 is 9.53 Å². The van der Waals surface area contributed by atoms with Gasteiger partial charge in [-0.2, -0.15) is 0 Å². The van der Waals surface area contributed by atoms with E-state index in [0.29, 0.717) is 11.1 Å². The van der Waals surface area contributed by atoms with Crippen LogP contribution < -0.4 is 0 Å². The van der Waals surface area contributed by atoms with Gasteiger partial charge in [0.1, 0.15) is 11.4 Å². The summed E-state index contributed by atoms with van der Waals surface area (Å²) < 4.78 is 6.44. The third kappa shape index (κ3) is 2.89. The summed E-state index contributed by atoms with van der Waals surface area (Å²) in [4.78, 5) is 12.5. The van der Waals surface area contributed by atoms with Gasteiger partial charge in [0.15, 0.2) is 5.78 Å². The Morgan fingerprint density at radius 2 is 1.88 bits per heavy atom. The van der Waals surface area contributed by atoms with Crippen LogP contribution in [0.25, 0.3) is 5.76 Å². The maximum Gasteiger partial charge on any atom is 0.193 e. The molecule has 3 rings (SSSR count). The first-order valence-electron chi connectivity index (χ1n) is 8.41. The molecule has 0 N–H and O–H groups in total. The molecule has 2 nitrogen and oxygen atoms in total. The van der Waals surface area contributed by atoms with Crippen molar-refractivity contribution in [3.8, 4) is 0 Å². The van der Waals surface area contributed by atoms with E-state index in [9.17, 15) is 4.79 Å². The highest BCUT2D eigenvalue weighted by Gasteiger charge is 2.37. The van der Waals surface area contributed by atoms with Crippen molar-refractivity contribution in [1.82, 2.24) is 0 Å². The number of carbonyl (C=O) groups is 1. The average molecular weight is 320 g/mol. The molecule has 1 atom stereocenters. The Hall–Kier alpha value is -2.35. The van der Waals surface area contributed by atoms with Crippen molar-refractivity contribution >= 4 is 11.5 Å². The van der Waals surface area contributed by atoms with E-state index in [2.05, 4.69) is 46.4 Å². The summed E-state index contributed by atoms with van der Waals surface area (Å²) in [6, 6.07) is 7.65. The van der Waals surface area contributed by atoms with Crippen LogP contribution in [0.5, 0.6) is 0 Å². The normalized spacial score (nSPS) is 23.4. The van der Waals surface area contributed by atoms with Gasteiger partial charge in [-0.25, -0.2) is 0 Å². The van der Waals surface area contributed by atoms with Crippen molar-refractivity contribution in [3.63, 3.8) is 0 Å². The molecule has 2 aliphatic rings. The largest absolute Gasteiger partial charge is 0.483 e. The number of rotatable bonds is 2. The van der Waals surface area contributed by atoms with Gasteiger partial charge < -0.3 is 4.74 Å². The van der Waals surface area contributed by atoms with Gasteiger partial charge in [-0.1, -0.05) is 48.1 Å². The van der Waals surface area contributed by atoms with E-state index in [4.69, 9.17) is 4.74 Å². The molecule has 0 aromatic heterocycles. The Morgan fingerprint density at radius 3 is 2.54 bits per heavy atom. The van der Waals surface area contributed by atoms with E-state index in [1.807, 2.05) is 24.3 Å². The summed E-state index contributed by atoms with van der Waals surface area (Å²) in [5.74, 6) is 0.845. The molecule has 0 spiro atoms. The molecule has 0 fully saturated rings. The predicted octanol–water partition coefficient (Wildman–Crippen LogP) is 5.63. The first kappa shape index (κ1) is 16.5. The van der Waals surface area contributed by atoms with Crippen molar-refractivity contribution in [3.05, 3.63) is 76.4 Å². The van der Waals surface area contributed by atoms with E-state index in [0.717, 1.165) is 29.7 Å². The minimum absolute atomic E-state index is 0.0211. The summed E-state index contributed by atoms with van der Waals surface area (Å²) in [7, 11) is 0. The van der Waals surface area contributed by atoms with Gasteiger partial charge in [-0.15, -0.1) is 0 Å². The van der Waals surface area contributed by atoms with Crippen molar-refractivity contribution in [2.24, 2.45) is 0 Å². The molecule has 0 amide bonds. The minimum atomic E-state index is -0.372. The van der Waals surface area contributed by atoms with Crippen LogP contribution >= 0.6 is 0 Å². The molecule has 0 bridgehead atoms. The third-order valence-corrected chi connectivity index (χ3v) is 4.58. The molecule has 1 aliphatic carbocycles. The number of ketones is 1. The zero-order valence-electron chi connectivity index (χ0n) is 14.9. The molecule has 124 valence electrons. The Morgan fingerprint density at radius 1 is 1.21 bits per heavy atom. The lowest BCUT2D eigenvalue weighted by molar-refractivity contribution is 0.0816. The fourth-order valence-corrected chi connectivity index (χ4v) is 3.60. The fraction of sp³-hybridized carbons (Fsp3) is 0.318. The Kier molecular flexibility index (Phi) is 4.08. The fourth-order valence-electron chi connectivity index (χ4n) is 3.60.